The van der Waals surface area contributed by atoms with E-state index in [-0.39, 0.29) is 11.9 Å². The molecule has 0 aliphatic rings. The van der Waals surface area contributed by atoms with Crippen molar-refractivity contribution in [3.63, 3.8) is 0 Å². The van der Waals surface area contributed by atoms with Gasteiger partial charge in [-0.1, -0.05) is 12.1 Å². The van der Waals surface area contributed by atoms with Crippen LogP contribution in [0.1, 0.15) is 36.0 Å². The second-order valence-corrected chi connectivity index (χ2v) is 5.74. The highest BCUT2D eigenvalue weighted by Gasteiger charge is 2.17. The number of nitrogens with one attached hydrogen (secondary N) is 1. The number of para-hydroxylation sites is 1. The molecule has 2 aromatic heterocycles. The van der Waals surface area contributed by atoms with Gasteiger partial charge >= 0.3 is 0 Å². The molecule has 0 bridgehead atoms. The largest absolute Gasteiger partial charge is 0.490 e. The number of fused-ring (bicyclic) bond motifs is 1. The molecule has 0 saturated carbocycles. The predicted octanol–water partition coefficient (Wildman–Crippen LogP) is 4.38. The average Bonchev–Trinajstić information content (AvgIpc) is 3.17. The molecule has 1 unspecified atom stereocenters. The topological polar surface area (TPSA) is 51.5 Å². The Kier molecular flexibility index (Phi) is 4.15. The number of furan rings is 1. The van der Waals surface area contributed by atoms with Crippen molar-refractivity contribution in [3.05, 3.63) is 52.4 Å². The molecule has 4 nitrogen and oxygen atoms in total. The number of carbonyl (C=O) groups is 1. The SMILES string of the molecule is CCOc1cccc2cc(C(C)NC(=O)c3ccsc3)oc12. The van der Waals surface area contributed by atoms with Crippen LogP contribution in [0, 0.1) is 0 Å². The van der Waals surface area contributed by atoms with E-state index < -0.39 is 0 Å². The maximum absolute atomic E-state index is 12.1. The lowest BCUT2D eigenvalue weighted by Gasteiger charge is -2.10. The number of rotatable bonds is 5. The van der Waals surface area contributed by atoms with Gasteiger partial charge in [0.05, 0.1) is 18.2 Å². The van der Waals surface area contributed by atoms with Gasteiger partial charge < -0.3 is 14.5 Å². The fourth-order valence-corrected chi connectivity index (χ4v) is 2.92. The summed E-state index contributed by atoms with van der Waals surface area (Å²) in [5.41, 5.74) is 1.39. The molecule has 0 fully saturated rings. The van der Waals surface area contributed by atoms with Crippen LogP contribution in [-0.4, -0.2) is 12.5 Å². The quantitative estimate of drug-likeness (QED) is 0.760. The molecular weight excluding hydrogens is 298 g/mol. The number of ether oxygens (including phenoxy) is 1. The van der Waals surface area contributed by atoms with Crippen molar-refractivity contribution in [3.8, 4) is 5.75 Å². The Morgan fingerprint density at radius 3 is 3.00 bits per heavy atom. The lowest BCUT2D eigenvalue weighted by molar-refractivity contribution is 0.0936. The maximum atomic E-state index is 12.1. The number of hydrogen-bond donors (Lipinski definition) is 1. The first-order valence-corrected chi connectivity index (χ1v) is 8.11. The monoisotopic (exact) mass is 315 g/mol. The molecular formula is C17H17NO3S. The van der Waals surface area contributed by atoms with E-state index in [9.17, 15) is 4.79 Å². The second kappa shape index (κ2) is 6.23. The fraction of sp³-hybridized carbons (Fsp3) is 0.235. The Labute approximate surface area is 132 Å². The summed E-state index contributed by atoms with van der Waals surface area (Å²) in [5, 5.41) is 7.63. The summed E-state index contributed by atoms with van der Waals surface area (Å²) in [4.78, 5) is 12.1. The molecule has 114 valence electrons. The van der Waals surface area contributed by atoms with Gasteiger partial charge in [-0.15, -0.1) is 0 Å². The van der Waals surface area contributed by atoms with E-state index in [2.05, 4.69) is 5.32 Å². The van der Waals surface area contributed by atoms with Gasteiger partial charge in [0.15, 0.2) is 11.3 Å². The minimum Gasteiger partial charge on any atom is -0.490 e. The molecule has 0 aliphatic carbocycles. The van der Waals surface area contributed by atoms with Crippen LogP contribution in [0.2, 0.25) is 0 Å². The van der Waals surface area contributed by atoms with Gasteiger partial charge in [-0.05, 0) is 37.4 Å². The Bertz CT molecular complexity index is 776. The highest BCUT2D eigenvalue weighted by molar-refractivity contribution is 7.08. The summed E-state index contributed by atoms with van der Waals surface area (Å²) in [6, 6.07) is 9.32. The van der Waals surface area contributed by atoms with E-state index in [1.54, 1.807) is 6.07 Å². The van der Waals surface area contributed by atoms with Gasteiger partial charge in [0.25, 0.3) is 5.91 Å². The summed E-state index contributed by atoms with van der Waals surface area (Å²) in [5.74, 6) is 1.34. The van der Waals surface area contributed by atoms with E-state index in [0.717, 1.165) is 16.7 Å². The number of benzene rings is 1. The summed E-state index contributed by atoms with van der Waals surface area (Å²) < 4.78 is 11.5. The lowest BCUT2D eigenvalue weighted by atomic mass is 10.2. The minimum atomic E-state index is -0.214. The zero-order valence-electron chi connectivity index (χ0n) is 12.5. The molecule has 3 aromatic rings. The third kappa shape index (κ3) is 2.85. The Balaban J connectivity index is 1.83. The van der Waals surface area contributed by atoms with Crippen LogP contribution in [-0.2, 0) is 0 Å². The van der Waals surface area contributed by atoms with Crippen molar-refractivity contribution in [2.45, 2.75) is 19.9 Å². The third-order valence-corrected chi connectivity index (χ3v) is 4.07. The van der Waals surface area contributed by atoms with Crippen LogP contribution in [0.3, 0.4) is 0 Å². The van der Waals surface area contributed by atoms with Crippen molar-refractivity contribution >= 4 is 28.2 Å². The van der Waals surface area contributed by atoms with E-state index in [4.69, 9.17) is 9.15 Å². The fourth-order valence-electron chi connectivity index (χ4n) is 2.28. The predicted molar refractivity (Wildman–Crippen MR) is 87.6 cm³/mol. The Hall–Kier alpha value is -2.27. The van der Waals surface area contributed by atoms with Gasteiger partial charge in [0.1, 0.15) is 5.76 Å². The van der Waals surface area contributed by atoms with E-state index in [1.807, 2.05) is 48.9 Å². The van der Waals surface area contributed by atoms with Crippen molar-refractivity contribution in [1.82, 2.24) is 5.32 Å². The average molecular weight is 315 g/mol. The van der Waals surface area contributed by atoms with Crippen molar-refractivity contribution < 1.29 is 13.9 Å². The molecule has 0 saturated heterocycles. The minimum absolute atomic E-state index is 0.0979. The number of thiophene rings is 1. The summed E-state index contributed by atoms with van der Waals surface area (Å²) in [6.07, 6.45) is 0. The molecule has 1 N–H and O–H groups in total. The molecule has 0 aliphatic heterocycles. The molecule has 5 heteroatoms. The second-order valence-electron chi connectivity index (χ2n) is 4.96. The van der Waals surface area contributed by atoms with Crippen LogP contribution >= 0.6 is 11.3 Å². The highest BCUT2D eigenvalue weighted by Crippen LogP contribution is 2.31. The highest BCUT2D eigenvalue weighted by atomic mass is 32.1. The van der Waals surface area contributed by atoms with Gasteiger partial charge in [0.2, 0.25) is 0 Å². The Morgan fingerprint density at radius 1 is 1.41 bits per heavy atom. The zero-order chi connectivity index (χ0) is 15.5. The smallest absolute Gasteiger partial charge is 0.252 e. The molecule has 3 rings (SSSR count). The number of amides is 1. The normalized spacial score (nSPS) is 12.3. The zero-order valence-corrected chi connectivity index (χ0v) is 13.3. The standard InChI is InChI=1S/C17H17NO3S/c1-3-20-14-6-4-5-12-9-15(21-16(12)14)11(2)18-17(19)13-7-8-22-10-13/h4-11H,3H2,1-2H3,(H,18,19). The van der Waals surface area contributed by atoms with Gasteiger partial charge in [-0.2, -0.15) is 11.3 Å². The van der Waals surface area contributed by atoms with E-state index in [1.165, 1.54) is 11.3 Å². The van der Waals surface area contributed by atoms with Crippen molar-refractivity contribution in [1.29, 1.82) is 0 Å². The summed E-state index contributed by atoms with van der Waals surface area (Å²) in [7, 11) is 0. The lowest BCUT2D eigenvalue weighted by Crippen LogP contribution is -2.25. The third-order valence-electron chi connectivity index (χ3n) is 3.38. The molecule has 0 radical (unpaired) electrons. The van der Waals surface area contributed by atoms with Crippen molar-refractivity contribution in [2.75, 3.05) is 6.61 Å². The van der Waals surface area contributed by atoms with Gasteiger partial charge in [-0.25, -0.2) is 0 Å². The van der Waals surface area contributed by atoms with E-state index in [0.29, 0.717) is 17.9 Å². The van der Waals surface area contributed by atoms with Gasteiger partial charge in [0, 0.05) is 10.8 Å². The first-order valence-electron chi connectivity index (χ1n) is 7.17. The molecule has 1 amide bonds. The summed E-state index contributed by atoms with van der Waals surface area (Å²) >= 11 is 1.50. The van der Waals surface area contributed by atoms with Crippen LogP contribution in [0.4, 0.5) is 0 Å². The first-order chi connectivity index (χ1) is 10.7. The number of hydrogen-bond acceptors (Lipinski definition) is 4. The first kappa shape index (κ1) is 14.7. The molecule has 1 atom stereocenters. The van der Waals surface area contributed by atoms with Crippen LogP contribution in [0.15, 0.2) is 45.5 Å². The molecule has 2 heterocycles. The van der Waals surface area contributed by atoms with Gasteiger partial charge in [-0.3, -0.25) is 4.79 Å². The van der Waals surface area contributed by atoms with E-state index >= 15 is 0 Å². The Morgan fingerprint density at radius 2 is 2.27 bits per heavy atom. The maximum Gasteiger partial charge on any atom is 0.252 e. The van der Waals surface area contributed by atoms with Crippen molar-refractivity contribution in [2.24, 2.45) is 0 Å². The molecule has 0 spiro atoms. The molecule has 1 aromatic carbocycles. The van der Waals surface area contributed by atoms with Crippen LogP contribution in [0.5, 0.6) is 5.75 Å². The van der Waals surface area contributed by atoms with Crippen LogP contribution < -0.4 is 10.1 Å². The molecule has 22 heavy (non-hydrogen) atoms. The summed E-state index contributed by atoms with van der Waals surface area (Å²) in [6.45, 7) is 4.42. The number of carbonyl (C=O) groups excluding carboxylic acids is 1. The van der Waals surface area contributed by atoms with Crippen LogP contribution in [0.25, 0.3) is 11.0 Å².